The molecule has 0 amide bonds. The first kappa shape index (κ1) is 5.69. The number of ether oxygens (including phenoxy) is 1. The van der Waals surface area contributed by atoms with Crippen molar-refractivity contribution < 1.29 is 4.74 Å². The Labute approximate surface area is 55.8 Å². The van der Waals surface area contributed by atoms with Crippen molar-refractivity contribution in [2.45, 2.75) is 24.9 Å². The summed E-state index contributed by atoms with van der Waals surface area (Å²) in [5.74, 6) is 0. The Morgan fingerprint density at radius 1 is 1.22 bits per heavy atom. The molecule has 0 saturated carbocycles. The van der Waals surface area contributed by atoms with Crippen LogP contribution in [0.3, 0.4) is 0 Å². The summed E-state index contributed by atoms with van der Waals surface area (Å²) >= 11 is 0. The van der Waals surface area contributed by atoms with Gasteiger partial charge in [0, 0.05) is 12.1 Å². The predicted octanol–water partition coefficient (Wildman–Crippen LogP) is 0.479. The average molecular weight is 127 g/mol. The molecule has 0 spiro atoms. The summed E-state index contributed by atoms with van der Waals surface area (Å²) in [7, 11) is 2.21. The lowest BCUT2D eigenvalue weighted by molar-refractivity contribution is -0.000705. The molecule has 9 heavy (non-hydrogen) atoms. The van der Waals surface area contributed by atoms with Crippen molar-refractivity contribution in [1.29, 1.82) is 0 Å². The first-order valence-corrected chi connectivity index (χ1v) is 3.67. The molecule has 0 aromatic heterocycles. The summed E-state index contributed by atoms with van der Waals surface area (Å²) in [6, 6.07) is 1.48. The molecule has 2 heteroatoms. The number of fused-ring (bicyclic) bond motifs is 2. The summed E-state index contributed by atoms with van der Waals surface area (Å²) in [6.45, 7) is 1.93. The molecule has 0 aliphatic carbocycles. The molecular formula is C7H13NO. The van der Waals surface area contributed by atoms with E-state index in [0.717, 1.165) is 25.3 Å². The van der Waals surface area contributed by atoms with Crippen LogP contribution in [0, 0.1) is 0 Å². The number of hydrogen-bond donors (Lipinski definition) is 0. The highest BCUT2D eigenvalue weighted by molar-refractivity contribution is 4.88. The predicted molar refractivity (Wildman–Crippen MR) is 35.4 cm³/mol. The Morgan fingerprint density at radius 3 is 2.22 bits per heavy atom. The number of hydrogen-bond acceptors (Lipinski definition) is 2. The Balaban J connectivity index is 2.10. The van der Waals surface area contributed by atoms with Gasteiger partial charge in [-0.2, -0.15) is 0 Å². The second kappa shape index (κ2) is 1.96. The summed E-state index contributed by atoms with van der Waals surface area (Å²) < 4.78 is 5.39. The largest absolute Gasteiger partial charge is 0.378 e. The minimum atomic E-state index is 0.740. The zero-order chi connectivity index (χ0) is 6.27. The van der Waals surface area contributed by atoms with Crippen LogP contribution >= 0.6 is 0 Å². The third-order valence-corrected chi connectivity index (χ3v) is 2.61. The molecule has 0 unspecified atom stereocenters. The normalized spacial score (nSPS) is 43.7. The van der Waals surface area contributed by atoms with Crippen LogP contribution in [0.4, 0.5) is 0 Å². The van der Waals surface area contributed by atoms with Crippen molar-refractivity contribution >= 4 is 0 Å². The molecule has 2 rings (SSSR count). The van der Waals surface area contributed by atoms with Crippen LogP contribution in [0.1, 0.15) is 12.8 Å². The van der Waals surface area contributed by atoms with Crippen LogP contribution in [0.15, 0.2) is 0 Å². The Morgan fingerprint density at radius 2 is 1.78 bits per heavy atom. The molecule has 2 fully saturated rings. The maximum absolute atomic E-state index is 5.39. The van der Waals surface area contributed by atoms with Crippen LogP contribution in [0.2, 0.25) is 0 Å². The molecule has 2 heterocycles. The first-order chi connectivity index (χ1) is 4.38. The molecule has 0 aromatic rings. The van der Waals surface area contributed by atoms with E-state index >= 15 is 0 Å². The first-order valence-electron chi connectivity index (χ1n) is 3.67. The van der Waals surface area contributed by atoms with Crippen molar-refractivity contribution in [2.24, 2.45) is 0 Å². The minimum absolute atomic E-state index is 0.740. The number of nitrogens with zero attached hydrogens (tertiary/aromatic N) is 1. The van der Waals surface area contributed by atoms with Gasteiger partial charge in [-0.3, -0.25) is 4.90 Å². The topological polar surface area (TPSA) is 12.5 Å². The van der Waals surface area contributed by atoms with Crippen LogP contribution < -0.4 is 0 Å². The fourth-order valence-electron chi connectivity index (χ4n) is 1.83. The minimum Gasteiger partial charge on any atom is -0.378 e. The molecular weight excluding hydrogens is 114 g/mol. The van der Waals surface area contributed by atoms with Gasteiger partial charge in [0.1, 0.15) is 0 Å². The molecule has 52 valence electrons. The monoisotopic (exact) mass is 127 g/mol. The van der Waals surface area contributed by atoms with Gasteiger partial charge >= 0.3 is 0 Å². The molecule has 0 radical (unpaired) electrons. The van der Waals surface area contributed by atoms with Crippen molar-refractivity contribution in [1.82, 2.24) is 4.90 Å². The van der Waals surface area contributed by atoms with Crippen LogP contribution in [0.25, 0.3) is 0 Å². The lowest BCUT2D eigenvalue weighted by atomic mass is 10.2. The van der Waals surface area contributed by atoms with E-state index in [1.807, 2.05) is 0 Å². The van der Waals surface area contributed by atoms with Crippen LogP contribution in [-0.2, 0) is 4.74 Å². The lowest BCUT2D eigenvalue weighted by Gasteiger charge is -2.30. The van der Waals surface area contributed by atoms with Crippen molar-refractivity contribution in [3.8, 4) is 0 Å². The van der Waals surface area contributed by atoms with Gasteiger partial charge in [-0.15, -0.1) is 0 Å². The van der Waals surface area contributed by atoms with Gasteiger partial charge < -0.3 is 4.74 Å². The highest BCUT2D eigenvalue weighted by Gasteiger charge is 2.33. The van der Waals surface area contributed by atoms with E-state index in [9.17, 15) is 0 Å². The fourth-order valence-corrected chi connectivity index (χ4v) is 1.83. The highest BCUT2D eigenvalue weighted by atomic mass is 16.5. The van der Waals surface area contributed by atoms with Crippen molar-refractivity contribution in [3.05, 3.63) is 0 Å². The standard InChI is InChI=1S/C7H13NO/c1-8-6-2-3-7(8)5-9-4-6/h6-7H,2-5H2,1H3/t6-,7-/m1/s1. The summed E-state index contributed by atoms with van der Waals surface area (Å²) in [6.07, 6.45) is 2.70. The van der Waals surface area contributed by atoms with Gasteiger partial charge in [0.25, 0.3) is 0 Å². The number of morpholine rings is 1. The SMILES string of the molecule is CN1[C@@H]2CC[C@@H]1COC2. The molecule has 0 N–H and O–H groups in total. The molecule has 2 atom stereocenters. The van der Waals surface area contributed by atoms with Crippen molar-refractivity contribution in [3.63, 3.8) is 0 Å². The molecule has 2 aliphatic rings. The van der Waals surface area contributed by atoms with E-state index in [4.69, 9.17) is 4.74 Å². The van der Waals surface area contributed by atoms with Gasteiger partial charge in [0.2, 0.25) is 0 Å². The highest BCUT2D eigenvalue weighted by Crippen LogP contribution is 2.26. The van der Waals surface area contributed by atoms with Crippen molar-refractivity contribution in [2.75, 3.05) is 20.3 Å². The zero-order valence-corrected chi connectivity index (χ0v) is 5.84. The summed E-state index contributed by atoms with van der Waals surface area (Å²) in [5.41, 5.74) is 0. The molecule has 2 nitrogen and oxygen atoms in total. The third-order valence-electron chi connectivity index (χ3n) is 2.61. The Hall–Kier alpha value is -0.0800. The second-order valence-corrected chi connectivity index (χ2v) is 3.09. The van der Waals surface area contributed by atoms with Gasteiger partial charge in [0.15, 0.2) is 0 Å². The van der Waals surface area contributed by atoms with E-state index in [0.29, 0.717) is 0 Å². The smallest absolute Gasteiger partial charge is 0.0622 e. The van der Waals surface area contributed by atoms with E-state index in [1.54, 1.807) is 0 Å². The fraction of sp³-hybridized carbons (Fsp3) is 1.00. The molecule has 2 saturated heterocycles. The van der Waals surface area contributed by atoms with E-state index in [-0.39, 0.29) is 0 Å². The van der Waals surface area contributed by atoms with Crippen LogP contribution in [0.5, 0.6) is 0 Å². The zero-order valence-electron chi connectivity index (χ0n) is 5.84. The maximum Gasteiger partial charge on any atom is 0.0622 e. The Bertz CT molecular complexity index is 99.5. The molecule has 2 bridgehead atoms. The quantitative estimate of drug-likeness (QED) is 0.469. The average Bonchev–Trinajstić information content (AvgIpc) is 2.19. The van der Waals surface area contributed by atoms with Gasteiger partial charge in [-0.05, 0) is 19.9 Å². The summed E-state index contributed by atoms with van der Waals surface area (Å²) in [5, 5.41) is 0. The van der Waals surface area contributed by atoms with E-state index in [1.165, 1.54) is 12.8 Å². The van der Waals surface area contributed by atoms with Gasteiger partial charge in [0.05, 0.1) is 13.2 Å². The number of likely N-dealkylation sites (N-methyl/N-ethyl adjacent to an activating group) is 1. The van der Waals surface area contributed by atoms with Crippen LogP contribution in [-0.4, -0.2) is 37.2 Å². The number of rotatable bonds is 0. The van der Waals surface area contributed by atoms with Gasteiger partial charge in [-0.1, -0.05) is 0 Å². The maximum atomic E-state index is 5.39. The third kappa shape index (κ3) is 0.775. The lowest BCUT2D eigenvalue weighted by Crippen LogP contribution is -2.42. The molecule has 2 aliphatic heterocycles. The summed E-state index contributed by atoms with van der Waals surface area (Å²) in [4.78, 5) is 2.46. The van der Waals surface area contributed by atoms with E-state index in [2.05, 4.69) is 11.9 Å². The second-order valence-electron chi connectivity index (χ2n) is 3.09. The Kier molecular flexibility index (Phi) is 1.24. The molecule has 0 aromatic carbocycles. The van der Waals surface area contributed by atoms with E-state index < -0.39 is 0 Å². The van der Waals surface area contributed by atoms with Gasteiger partial charge in [-0.25, -0.2) is 0 Å².